The number of halogens is 1. The van der Waals surface area contributed by atoms with Crippen molar-refractivity contribution in [2.45, 2.75) is 26.3 Å². The summed E-state index contributed by atoms with van der Waals surface area (Å²) in [6, 6.07) is 20.9. The van der Waals surface area contributed by atoms with Gasteiger partial charge in [-0.1, -0.05) is 59.6 Å². The Labute approximate surface area is 186 Å². The van der Waals surface area contributed by atoms with Gasteiger partial charge in [0.1, 0.15) is 5.75 Å². The molecule has 1 heterocycles. The van der Waals surface area contributed by atoms with E-state index in [1.807, 2.05) is 49.4 Å². The molecular formula is C25H23ClN2O3. The second kappa shape index (κ2) is 9.23. The molecule has 2 amide bonds. The number of ether oxygens (including phenoxy) is 1. The van der Waals surface area contributed by atoms with Crippen LogP contribution in [0.15, 0.2) is 66.7 Å². The topological polar surface area (TPSA) is 58.6 Å². The Kier molecular flexibility index (Phi) is 6.23. The van der Waals surface area contributed by atoms with Crippen LogP contribution >= 0.6 is 11.6 Å². The van der Waals surface area contributed by atoms with Gasteiger partial charge in [-0.3, -0.25) is 9.59 Å². The SMILES string of the molecule is Cc1ccc(CCC(=O)Nc2ccc3c(c2)N(Cc2ccccc2Cl)C(=O)CO3)cc1. The number of carbonyl (C=O) groups is 2. The highest BCUT2D eigenvalue weighted by atomic mass is 35.5. The highest BCUT2D eigenvalue weighted by Gasteiger charge is 2.26. The van der Waals surface area contributed by atoms with Crippen LogP contribution in [-0.2, 0) is 22.6 Å². The molecule has 1 aliphatic rings. The van der Waals surface area contributed by atoms with Crippen molar-refractivity contribution >= 4 is 34.8 Å². The van der Waals surface area contributed by atoms with Crippen molar-refractivity contribution < 1.29 is 14.3 Å². The third-order valence-electron chi connectivity index (χ3n) is 5.23. The highest BCUT2D eigenvalue weighted by Crippen LogP contribution is 2.36. The van der Waals surface area contributed by atoms with Gasteiger partial charge in [-0.15, -0.1) is 0 Å². The molecule has 1 N–H and O–H groups in total. The number of hydrogen-bond donors (Lipinski definition) is 1. The van der Waals surface area contributed by atoms with E-state index in [0.717, 1.165) is 11.1 Å². The van der Waals surface area contributed by atoms with Crippen molar-refractivity contribution in [3.8, 4) is 5.75 Å². The molecule has 3 aromatic carbocycles. The molecule has 0 saturated heterocycles. The highest BCUT2D eigenvalue weighted by molar-refractivity contribution is 6.31. The minimum absolute atomic E-state index is 0.0281. The summed E-state index contributed by atoms with van der Waals surface area (Å²) in [7, 11) is 0. The molecule has 158 valence electrons. The summed E-state index contributed by atoms with van der Waals surface area (Å²) in [6.07, 6.45) is 1.04. The summed E-state index contributed by atoms with van der Waals surface area (Å²) in [5, 5.41) is 3.53. The minimum atomic E-state index is -0.157. The van der Waals surface area contributed by atoms with E-state index >= 15 is 0 Å². The average molecular weight is 435 g/mol. The molecule has 0 bridgehead atoms. The monoisotopic (exact) mass is 434 g/mol. The van der Waals surface area contributed by atoms with Gasteiger partial charge >= 0.3 is 0 Å². The number of nitrogens with one attached hydrogen (secondary N) is 1. The van der Waals surface area contributed by atoms with Gasteiger partial charge in [0, 0.05) is 17.1 Å². The Morgan fingerprint density at radius 3 is 2.65 bits per heavy atom. The van der Waals surface area contributed by atoms with Crippen molar-refractivity contribution in [1.29, 1.82) is 0 Å². The Balaban J connectivity index is 1.47. The van der Waals surface area contributed by atoms with E-state index in [2.05, 4.69) is 5.32 Å². The van der Waals surface area contributed by atoms with Crippen LogP contribution in [0.3, 0.4) is 0 Å². The maximum atomic E-state index is 12.6. The molecular weight excluding hydrogens is 412 g/mol. The number of amides is 2. The summed E-state index contributed by atoms with van der Waals surface area (Å²) >= 11 is 6.29. The molecule has 0 fully saturated rings. The van der Waals surface area contributed by atoms with Crippen LogP contribution in [0.25, 0.3) is 0 Å². The van der Waals surface area contributed by atoms with Gasteiger partial charge in [0.25, 0.3) is 5.91 Å². The predicted octanol–water partition coefficient (Wildman–Crippen LogP) is 5.15. The van der Waals surface area contributed by atoms with Gasteiger partial charge in [-0.25, -0.2) is 0 Å². The van der Waals surface area contributed by atoms with Crippen molar-refractivity contribution in [2.75, 3.05) is 16.8 Å². The third kappa shape index (κ3) is 5.06. The maximum absolute atomic E-state index is 12.6. The van der Waals surface area contributed by atoms with Crippen molar-refractivity contribution in [1.82, 2.24) is 0 Å². The molecule has 1 aliphatic heterocycles. The smallest absolute Gasteiger partial charge is 0.265 e. The van der Waals surface area contributed by atoms with E-state index in [9.17, 15) is 9.59 Å². The van der Waals surface area contributed by atoms with Crippen LogP contribution in [0.2, 0.25) is 5.02 Å². The number of fused-ring (bicyclic) bond motifs is 1. The lowest BCUT2D eigenvalue weighted by Gasteiger charge is -2.30. The quantitative estimate of drug-likeness (QED) is 0.584. The minimum Gasteiger partial charge on any atom is -0.482 e. The molecule has 0 atom stereocenters. The van der Waals surface area contributed by atoms with Crippen LogP contribution in [0.4, 0.5) is 11.4 Å². The average Bonchev–Trinajstić information content (AvgIpc) is 2.77. The number of rotatable bonds is 6. The van der Waals surface area contributed by atoms with Gasteiger partial charge in [0.05, 0.1) is 12.2 Å². The molecule has 0 aromatic heterocycles. The van der Waals surface area contributed by atoms with Crippen molar-refractivity contribution in [3.05, 3.63) is 88.4 Å². The standard InChI is InChI=1S/C25H23ClN2O3/c1-17-6-8-18(9-7-17)10-13-24(29)27-20-11-12-23-22(14-20)28(25(30)16-31-23)15-19-4-2-3-5-21(19)26/h2-9,11-12,14H,10,13,15-16H2,1H3,(H,27,29). The first-order valence-electron chi connectivity index (χ1n) is 10.2. The molecule has 0 unspecified atom stereocenters. The fraction of sp³-hybridized carbons (Fsp3) is 0.200. The second-order valence-corrected chi connectivity index (χ2v) is 7.98. The predicted molar refractivity (Wildman–Crippen MR) is 123 cm³/mol. The summed E-state index contributed by atoms with van der Waals surface area (Å²) < 4.78 is 5.57. The van der Waals surface area contributed by atoms with Crippen LogP contribution in [0, 0.1) is 6.92 Å². The summed E-state index contributed by atoms with van der Waals surface area (Å²) in [5.74, 6) is 0.362. The van der Waals surface area contributed by atoms with Gasteiger partial charge in [-0.2, -0.15) is 0 Å². The first-order chi connectivity index (χ1) is 15.0. The number of carbonyl (C=O) groups excluding carboxylic acids is 2. The molecule has 5 nitrogen and oxygen atoms in total. The molecule has 3 aromatic rings. The lowest BCUT2D eigenvalue weighted by atomic mass is 10.1. The van der Waals surface area contributed by atoms with Gasteiger partial charge in [-0.05, 0) is 48.7 Å². The van der Waals surface area contributed by atoms with Crippen LogP contribution in [0.5, 0.6) is 5.75 Å². The zero-order chi connectivity index (χ0) is 21.8. The normalized spacial score (nSPS) is 12.8. The molecule has 0 aliphatic carbocycles. The maximum Gasteiger partial charge on any atom is 0.265 e. The Hall–Kier alpha value is -3.31. The molecule has 0 spiro atoms. The number of hydrogen-bond acceptors (Lipinski definition) is 3. The van der Waals surface area contributed by atoms with E-state index in [4.69, 9.17) is 16.3 Å². The molecule has 6 heteroatoms. The van der Waals surface area contributed by atoms with Crippen molar-refractivity contribution in [3.63, 3.8) is 0 Å². The lowest BCUT2D eigenvalue weighted by Crippen LogP contribution is -2.38. The Bertz CT molecular complexity index is 1110. The molecule has 4 rings (SSSR count). The van der Waals surface area contributed by atoms with Crippen LogP contribution < -0.4 is 15.0 Å². The summed E-state index contributed by atoms with van der Waals surface area (Å²) in [5.41, 5.74) is 4.40. The fourth-order valence-electron chi connectivity index (χ4n) is 3.49. The molecule has 31 heavy (non-hydrogen) atoms. The zero-order valence-electron chi connectivity index (χ0n) is 17.2. The Morgan fingerprint density at radius 2 is 1.87 bits per heavy atom. The summed E-state index contributed by atoms with van der Waals surface area (Å²) in [4.78, 5) is 26.7. The molecule has 0 radical (unpaired) electrons. The summed E-state index contributed by atoms with van der Waals surface area (Å²) in [6.45, 7) is 2.34. The Morgan fingerprint density at radius 1 is 1.10 bits per heavy atom. The first kappa shape index (κ1) is 20.9. The van der Waals surface area contributed by atoms with E-state index in [1.54, 1.807) is 29.2 Å². The number of anilines is 2. The van der Waals surface area contributed by atoms with Gasteiger partial charge < -0.3 is 15.0 Å². The fourth-order valence-corrected chi connectivity index (χ4v) is 3.68. The number of aryl methyl sites for hydroxylation is 2. The first-order valence-corrected chi connectivity index (χ1v) is 10.5. The van der Waals surface area contributed by atoms with Crippen LogP contribution in [0.1, 0.15) is 23.1 Å². The lowest BCUT2D eigenvalue weighted by molar-refractivity contribution is -0.121. The van der Waals surface area contributed by atoms with E-state index in [-0.39, 0.29) is 18.4 Å². The second-order valence-electron chi connectivity index (χ2n) is 7.58. The van der Waals surface area contributed by atoms with Gasteiger partial charge in [0.15, 0.2) is 6.61 Å². The molecule has 0 saturated carbocycles. The van der Waals surface area contributed by atoms with Gasteiger partial charge in [0.2, 0.25) is 5.91 Å². The zero-order valence-corrected chi connectivity index (χ0v) is 18.0. The third-order valence-corrected chi connectivity index (χ3v) is 5.60. The van der Waals surface area contributed by atoms with E-state index < -0.39 is 0 Å². The van der Waals surface area contributed by atoms with E-state index in [0.29, 0.717) is 41.5 Å². The largest absolute Gasteiger partial charge is 0.482 e. The van der Waals surface area contributed by atoms with E-state index in [1.165, 1.54) is 5.56 Å². The number of benzene rings is 3. The number of nitrogens with zero attached hydrogens (tertiary/aromatic N) is 1. The van der Waals surface area contributed by atoms with Crippen LogP contribution in [-0.4, -0.2) is 18.4 Å². The van der Waals surface area contributed by atoms with Crippen molar-refractivity contribution in [2.24, 2.45) is 0 Å².